The normalized spacial score (nSPS) is 11.8. The zero-order chi connectivity index (χ0) is 13.0. The third-order valence-corrected chi connectivity index (χ3v) is 2.71. The molecule has 1 atom stereocenters. The third-order valence-electron chi connectivity index (χ3n) is 2.46. The van der Waals surface area contributed by atoms with E-state index in [9.17, 15) is 4.79 Å². The summed E-state index contributed by atoms with van der Waals surface area (Å²) in [6, 6.07) is 10.00. The Morgan fingerprint density at radius 3 is 2.56 bits per heavy atom. The summed E-state index contributed by atoms with van der Waals surface area (Å²) in [6.45, 7) is 0. The van der Waals surface area contributed by atoms with Crippen LogP contribution in [0.25, 0.3) is 0 Å². The maximum Gasteiger partial charge on any atom is 0.244 e. The minimum Gasteiger partial charge on any atom is -0.370 e. The number of benzene rings is 1. The number of hydrogen-bond acceptors (Lipinski definition) is 3. The largest absolute Gasteiger partial charge is 0.370 e. The number of amides is 1. The molecule has 3 N–H and O–H groups in total. The van der Waals surface area contributed by atoms with Crippen molar-refractivity contribution in [3.8, 4) is 0 Å². The number of pyridine rings is 1. The van der Waals surface area contributed by atoms with E-state index in [1.807, 2.05) is 0 Å². The summed E-state index contributed by atoms with van der Waals surface area (Å²) < 4.78 is 0. The molecule has 0 saturated carbocycles. The fraction of sp³-hybridized carbons (Fsp3) is 0.0769. The first-order chi connectivity index (χ1) is 8.66. The zero-order valence-electron chi connectivity index (χ0n) is 9.51. The van der Waals surface area contributed by atoms with Gasteiger partial charge in [0.25, 0.3) is 0 Å². The summed E-state index contributed by atoms with van der Waals surface area (Å²) in [5.74, 6) is -0.460. The molecule has 0 spiro atoms. The summed E-state index contributed by atoms with van der Waals surface area (Å²) in [5.41, 5.74) is 6.88. The highest BCUT2D eigenvalue weighted by atomic mass is 35.5. The van der Waals surface area contributed by atoms with Crippen molar-refractivity contribution in [2.45, 2.75) is 6.04 Å². The maximum atomic E-state index is 11.5. The van der Waals surface area contributed by atoms with Gasteiger partial charge in [-0.15, -0.1) is 0 Å². The second-order valence-electron chi connectivity index (χ2n) is 3.77. The van der Waals surface area contributed by atoms with Gasteiger partial charge in [-0.1, -0.05) is 17.7 Å². The van der Waals surface area contributed by atoms with Gasteiger partial charge in [0, 0.05) is 28.7 Å². The number of anilines is 1. The van der Waals surface area contributed by atoms with Crippen molar-refractivity contribution >= 4 is 23.2 Å². The van der Waals surface area contributed by atoms with Crippen LogP contribution < -0.4 is 11.1 Å². The van der Waals surface area contributed by atoms with Gasteiger partial charge in [0.1, 0.15) is 6.04 Å². The summed E-state index contributed by atoms with van der Waals surface area (Å²) in [6.07, 6.45) is 3.25. The second-order valence-corrected chi connectivity index (χ2v) is 4.21. The number of nitrogens with one attached hydrogen (secondary N) is 1. The van der Waals surface area contributed by atoms with Crippen LogP contribution in [0, 0.1) is 0 Å². The standard InChI is InChI=1S/C13H12ClN3O/c14-10-3-5-11(6-4-10)17-12(13(15)18)9-2-1-7-16-8-9/h1-8,12,17H,(H2,15,18). The van der Waals surface area contributed by atoms with Crippen molar-refractivity contribution in [3.63, 3.8) is 0 Å². The predicted molar refractivity (Wildman–Crippen MR) is 71.2 cm³/mol. The van der Waals surface area contributed by atoms with Gasteiger partial charge in [-0.05, 0) is 30.3 Å². The first-order valence-electron chi connectivity index (χ1n) is 5.38. The van der Waals surface area contributed by atoms with Crippen molar-refractivity contribution in [1.82, 2.24) is 4.98 Å². The highest BCUT2D eigenvalue weighted by molar-refractivity contribution is 6.30. The summed E-state index contributed by atoms with van der Waals surface area (Å²) >= 11 is 5.80. The Labute approximate surface area is 110 Å². The van der Waals surface area contributed by atoms with E-state index in [4.69, 9.17) is 17.3 Å². The Balaban J connectivity index is 2.22. The Morgan fingerprint density at radius 2 is 2.00 bits per heavy atom. The van der Waals surface area contributed by atoms with Crippen LogP contribution in [0.5, 0.6) is 0 Å². The smallest absolute Gasteiger partial charge is 0.244 e. The molecule has 1 heterocycles. The van der Waals surface area contributed by atoms with E-state index < -0.39 is 11.9 Å². The molecule has 0 bridgehead atoms. The highest BCUT2D eigenvalue weighted by Crippen LogP contribution is 2.20. The summed E-state index contributed by atoms with van der Waals surface area (Å²) in [7, 11) is 0. The average Bonchev–Trinajstić information content (AvgIpc) is 2.38. The van der Waals surface area contributed by atoms with Crippen LogP contribution in [0.3, 0.4) is 0 Å². The summed E-state index contributed by atoms with van der Waals surface area (Å²) in [5, 5.41) is 3.69. The number of primary amides is 1. The van der Waals surface area contributed by atoms with Crippen LogP contribution in [0.4, 0.5) is 5.69 Å². The van der Waals surface area contributed by atoms with Crippen molar-refractivity contribution in [2.75, 3.05) is 5.32 Å². The van der Waals surface area contributed by atoms with Crippen LogP contribution in [-0.2, 0) is 4.79 Å². The van der Waals surface area contributed by atoms with Crippen molar-refractivity contribution in [3.05, 3.63) is 59.4 Å². The molecule has 1 aromatic heterocycles. The molecule has 0 saturated heterocycles. The van der Waals surface area contributed by atoms with Gasteiger partial charge in [-0.3, -0.25) is 9.78 Å². The van der Waals surface area contributed by atoms with Crippen LogP contribution in [0.2, 0.25) is 5.02 Å². The minimum absolute atomic E-state index is 0.460. The van der Waals surface area contributed by atoms with Gasteiger partial charge >= 0.3 is 0 Å². The highest BCUT2D eigenvalue weighted by Gasteiger charge is 2.17. The maximum absolute atomic E-state index is 11.5. The predicted octanol–water partition coefficient (Wildman–Crippen LogP) is 2.37. The number of nitrogens with two attached hydrogens (primary N) is 1. The van der Waals surface area contributed by atoms with Gasteiger partial charge in [0.15, 0.2) is 0 Å². The lowest BCUT2D eigenvalue weighted by Gasteiger charge is -2.16. The monoisotopic (exact) mass is 261 g/mol. The number of rotatable bonds is 4. The SMILES string of the molecule is NC(=O)C(Nc1ccc(Cl)cc1)c1cccnc1. The molecule has 1 amide bonds. The second kappa shape index (κ2) is 5.51. The molecular formula is C13H12ClN3O. The van der Waals surface area contributed by atoms with E-state index >= 15 is 0 Å². The topological polar surface area (TPSA) is 68.0 Å². The quantitative estimate of drug-likeness (QED) is 0.888. The lowest BCUT2D eigenvalue weighted by molar-refractivity contribution is -0.118. The molecule has 5 heteroatoms. The molecule has 1 aromatic carbocycles. The number of carbonyl (C=O) groups is 1. The van der Waals surface area contributed by atoms with E-state index in [2.05, 4.69) is 10.3 Å². The molecule has 0 radical (unpaired) electrons. The van der Waals surface area contributed by atoms with Gasteiger partial charge in [0.2, 0.25) is 5.91 Å². The van der Waals surface area contributed by atoms with Gasteiger partial charge in [-0.25, -0.2) is 0 Å². The molecule has 18 heavy (non-hydrogen) atoms. The Hall–Kier alpha value is -2.07. The molecular weight excluding hydrogens is 250 g/mol. The molecule has 4 nitrogen and oxygen atoms in total. The third kappa shape index (κ3) is 2.99. The van der Waals surface area contributed by atoms with Crippen molar-refractivity contribution in [1.29, 1.82) is 0 Å². The molecule has 0 aliphatic heterocycles. The number of carbonyl (C=O) groups excluding carboxylic acids is 1. The average molecular weight is 262 g/mol. The number of nitrogens with zero attached hydrogens (tertiary/aromatic N) is 1. The molecule has 2 aromatic rings. The number of aromatic nitrogens is 1. The fourth-order valence-electron chi connectivity index (χ4n) is 1.58. The van der Waals surface area contributed by atoms with Gasteiger partial charge in [0.05, 0.1) is 0 Å². The van der Waals surface area contributed by atoms with Gasteiger partial charge < -0.3 is 11.1 Å². The van der Waals surface area contributed by atoms with Gasteiger partial charge in [-0.2, -0.15) is 0 Å². The fourth-order valence-corrected chi connectivity index (χ4v) is 1.70. The van der Waals surface area contributed by atoms with Crippen LogP contribution in [0.15, 0.2) is 48.8 Å². The van der Waals surface area contributed by atoms with E-state index in [1.165, 1.54) is 0 Å². The first kappa shape index (κ1) is 12.4. The Bertz CT molecular complexity index is 528. The van der Waals surface area contributed by atoms with Crippen molar-refractivity contribution in [2.24, 2.45) is 5.73 Å². The molecule has 1 unspecified atom stereocenters. The molecule has 0 aliphatic rings. The lowest BCUT2D eigenvalue weighted by atomic mass is 10.1. The van der Waals surface area contributed by atoms with E-state index in [0.29, 0.717) is 5.02 Å². The van der Waals surface area contributed by atoms with Crippen LogP contribution in [-0.4, -0.2) is 10.9 Å². The number of halogens is 1. The summed E-state index contributed by atoms with van der Waals surface area (Å²) in [4.78, 5) is 15.5. The van der Waals surface area contributed by atoms with Crippen LogP contribution >= 0.6 is 11.6 Å². The minimum atomic E-state index is -0.611. The zero-order valence-corrected chi connectivity index (χ0v) is 10.3. The lowest BCUT2D eigenvalue weighted by Crippen LogP contribution is -2.27. The van der Waals surface area contributed by atoms with E-state index in [0.717, 1.165) is 11.3 Å². The first-order valence-corrected chi connectivity index (χ1v) is 5.76. The van der Waals surface area contributed by atoms with Crippen LogP contribution in [0.1, 0.15) is 11.6 Å². The van der Waals surface area contributed by atoms with E-state index in [-0.39, 0.29) is 0 Å². The molecule has 0 aliphatic carbocycles. The number of hydrogen-bond donors (Lipinski definition) is 2. The molecule has 2 rings (SSSR count). The molecule has 0 fully saturated rings. The van der Waals surface area contributed by atoms with E-state index in [1.54, 1.807) is 48.8 Å². The van der Waals surface area contributed by atoms with Crippen molar-refractivity contribution < 1.29 is 4.79 Å². The Morgan fingerprint density at radius 1 is 1.28 bits per heavy atom. The Kier molecular flexibility index (Phi) is 3.79. The molecule has 92 valence electrons.